The van der Waals surface area contributed by atoms with Crippen LogP contribution in [0.15, 0.2) is 53.5 Å². The maximum Gasteiger partial charge on any atom is 0.215 e. The summed E-state index contributed by atoms with van der Waals surface area (Å²) in [6.45, 7) is 0. The highest BCUT2D eigenvalue weighted by Gasteiger charge is 2.17. The van der Waals surface area contributed by atoms with E-state index in [1.807, 2.05) is 30.3 Å². The van der Waals surface area contributed by atoms with Crippen LogP contribution in [0.3, 0.4) is 0 Å². The molecule has 3 aromatic rings. The normalized spacial score (nSPS) is 14.3. The van der Waals surface area contributed by atoms with E-state index in [0.29, 0.717) is 8.83 Å². The van der Waals surface area contributed by atoms with Crippen LogP contribution in [0.5, 0.6) is 5.88 Å². The Morgan fingerprint density at radius 1 is 1.12 bits per heavy atom. The number of nitrogens with zero attached hydrogens (tertiary/aromatic N) is 2. The van der Waals surface area contributed by atoms with Gasteiger partial charge in [0.1, 0.15) is 5.82 Å². The zero-order valence-electron chi connectivity index (χ0n) is 12.3. The van der Waals surface area contributed by atoms with Crippen LogP contribution in [-0.2, 0) is 0 Å². The van der Waals surface area contributed by atoms with Crippen LogP contribution in [-0.4, -0.2) is 15.9 Å². The molecule has 2 aromatic carbocycles. The van der Waals surface area contributed by atoms with E-state index in [-0.39, 0.29) is 11.6 Å². The SMILES string of the molecule is Oc1c(/C=C2/C=Nc3ccccc32)sc(=S)n1-c1ccccc1F. The number of aliphatic imine (C=N–C) groups is 1. The topological polar surface area (TPSA) is 37.5 Å². The van der Waals surface area contributed by atoms with Gasteiger partial charge in [-0.3, -0.25) is 9.56 Å². The molecule has 2 heterocycles. The molecular weight excluding hydrogens is 343 g/mol. The minimum absolute atomic E-state index is 0.0691. The van der Waals surface area contributed by atoms with E-state index in [1.54, 1.807) is 24.4 Å². The Hall–Kier alpha value is -2.57. The number of fused-ring (bicyclic) bond motifs is 1. The first-order valence-electron chi connectivity index (χ1n) is 7.20. The van der Waals surface area contributed by atoms with Crippen molar-refractivity contribution < 1.29 is 9.50 Å². The molecule has 0 bridgehead atoms. The fourth-order valence-corrected chi connectivity index (χ4v) is 3.90. The third-order valence-corrected chi connectivity index (χ3v) is 5.06. The lowest BCUT2D eigenvalue weighted by molar-refractivity contribution is 0.438. The van der Waals surface area contributed by atoms with Crippen LogP contribution in [0, 0.1) is 9.77 Å². The first kappa shape index (κ1) is 15.0. The number of thiazole rings is 1. The standard InChI is InChI=1S/C18H11FN2OS2/c19-13-6-2-4-8-15(13)21-17(22)16(24-18(21)23)9-11-10-20-14-7-3-1-5-12(11)14/h1-10,22H/b11-9-. The molecule has 0 atom stereocenters. The van der Waals surface area contributed by atoms with Gasteiger partial charge in [0.25, 0.3) is 0 Å². The number of aromatic nitrogens is 1. The minimum Gasteiger partial charge on any atom is -0.493 e. The highest BCUT2D eigenvalue weighted by atomic mass is 32.1. The van der Waals surface area contributed by atoms with Crippen molar-refractivity contribution in [3.05, 3.63) is 68.7 Å². The number of allylic oxidation sites excluding steroid dienone is 1. The zero-order chi connectivity index (χ0) is 16.7. The first-order chi connectivity index (χ1) is 11.6. The highest BCUT2D eigenvalue weighted by molar-refractivity contribution is 7.73. The summed E-state index contributed by atoms with van der Waals surface area (Å²) in [7, 11) is 0. The van der Waals surface area contributed by atoms with Crippen molar-refractivity contribution in [1.29, 1.82) is 0 Å². The molecule has 118 valence electrons. The Bertz CT molecular complexity index is 1060. The molecule has 1 N–H and O–H groups in total. The molecule has 1 aromatic heterocycles. The Kier molecular flexibility index (Phi) is 3.63. The number of hydrogen-bond donors (Lipinski definition) is 1. The van der Waals surface area contributed by atoms with Crippen molar-refractivity contribution >= 4 is 47.1 Å². The minimum atomic E-state index is -0.436. The predicted octanol–water partition coefficient (Wildman–Crippen LogP) is 5.37. The van der Waals surface area contributed by atoms with Gasteiger partial charge in [-0.05, 0) is 36.5 Å². The summed E-state index contributed by atoms with van der Waals surface area (Å²) in [6, 6.07) is 14.0. The van der Waals surface area contributed by atoms with Crippen LogP contribution in [0.2, 0.25) is 0 Å². The van der Waals surface area contributed by atoms with Crippen molar-refractivity contribution in [2.24, 2.45) is 4.99 Å². The number of hydrogen-bond acceptors (Lipinski definition) is 4. The maximum atomic E-state index is 14.0. The fourth-order valence-electron chi connectivity index (χ4n) is 2.62. The second kappa shape index (κ2) is 5.81. The van der Waals surface area contributed by atoms with Gasteiger partial charge in [0.05, 0.1) is 16.3 Å². The average molecular weight is 354 g/mol. The molecule has 0 saturated carbocycles. The van der Waals surface area contributed by atoms with Gasteiger partial charge in [0.2, 0.25) is 5.88 Å². The van der Waals surface area contributed by atoms with Crippen LogP contribution >= 0.6 is 23.6 Å². The van der Waals surface area contributed by atoms with Gasteiger partial charge >= 0.3 is 0 Å². The lowest BCUT2D eigenvalue weighted by Crippen LogP contribution is -1.96. The third-order valence-electron chi connectivity index (χ3n) is 3.75. The van der Waals surface area contributed by atoms with Gasteiger partial charge in [0, 0.05) is 17.4 Å². The van der Waals surface area contributed by atoms with Crippen LogP contribution in [0.25, 0.3) is 17.3 Å². The Morgan fingerprint density at radius 3 is 2.71 bits per heavy atom. The van der Waals surface area contributed by atoms with E-state index < -0.39 is 5.82 Å². The van der Waals surface area contributed by atoms with E-state index in [1.165, 1.54) is 22.0 Å². The largest absolute Gasteiger partial charge is 0.493 e. The van der Waals surface area contributed by atoms with Gasteiger partial charge in [0.15, 0.2) is 3.95 Å². The lowest BCUT2D eigenvalue weighted by atomic mass is 10.1. The van der Waals surface area contributed by atoms with Gasteiger partial charge in [-0.25, -0.2) is 4.39 Å². The second-order valence-corrected chi connectivity index (χ2v) is 6.89. The van der Waals surface area contributed by atoms with Crippen LogP contribution in [0.1, 0.15) is 10.4 Å². The molecule has 1 aliphatic rings. The quantitative estimate of drug-likeness (QED) is 0.628. The van der Waals surface area contributed by atoms with E-state index >= 15 is 0 Å². The van der Waals surface area contributed by atoms with Gasteiger partial charge in [-0.1, -0.05) is 30.3 Å². The average Bonchev–Trinajstić information content (AvgIpc) is 3.11. The third kappa shape index (κ3) is 2.40. The molecular formula is C18H11FN2OS2. The zero-order valence-corrected chi connectivity index (χ0v) is 13.9. The van der Waals surface area contributed by atoms with Crippen molar-refractivity contribution in [1.82, 2.24) is 4.57 Å². The summed E-state index contributed by atoms with van der Waals surface area (Å²) in [5.74, 6) is -0.506. The first-order valence-corrected chi connectivity index (χ1v) is 8.42. The number of para-hydroxylation sites is 2. The molecule has 0 saturated heterocycles. The number of aromatic hydroxyl groups is 1. The molecule has 3 nitrogen and oxygen atoms in total. The molecule has 0 unspecified atom stereocenters. The summed E-state index contributed by atoms with van der Waals surface area (Å²) in [6.07, 6.45) is 3.57. The van der Waals surface area contributed by atoms with E-state index in [4.69, 9.17) is 12.2 Å². The molecule has 0 radical (unpaired) electrons. The van der Waals surface area contributed by atoms with Crippen molar-refractivity contribution in [2.75, 3.05) is 0 Å². The molecule has 24 heavy (non-hydrogen) atoms. The lowest BCUT2D eigenvalue weighted by Gasteiger charge is -2.05. The fraction of sp³-hybridized carbons (Fsp3) is 0. The van der Waals surface area contributed by atoms with Crippen molar-refractivity contribution in [2.45, 2.75) is 0 Å². The molecule has 0 amide bonds. The molecule has 6 heteroatoms. The molecule has 0 spiro atoms. The van der Waals surface area contributed by atoms with E-state index in [9.17, 15) is 9.50 Å². The summed E-state index contributed by atoms with van der Waals surface area (Å²) >= 11 is 6.54. The van der Waals surface area contributed by atoms with E-state index in [0.717, 1.165) is 16.8 Å². The van der Waals surface area contributed by atoms with E-state index in [2.05, 4.69) is 4.99 Å². The molecule has 4 rings (SSSR count). The second-order valence-electron chi connectivity index (χ2n) is 5.22. The Balaban J connectivity index is 1.84. The van der Waals surface area contributed by atoms with Gasteiger partial charge < -0.3 is 5.11 Å². The summed E-state index contributed by atoms with van der Waals surface area (Å²) < 4.78 is 15.8. The van der Waals surface area contributed by atoms with Crippen molar-refractivity contribution in [3.63, 3.8) is 0 Å². The summed E-state index contributed by atoms with van der Waals surface area (Å²) in [5, 5.41) is 10.5. The number of benzene rings is 2. The van der Waals surface area contributed by atoms with Crippen LogP contribution < -0.4 is 0 Å². The Labute approximate surface area is 146 Å². The highest BCUT2D eigenvalue weighted by Crippen LogP contribution is 2.37. The molecule has 0 fully saturated rings. The maximum absolute atomic E-state index is 14.0. The van der Waals surface area contributed by atoms with Crippen LogP contribution in [0.4, 0.5) is 10.1 Å². The molecule has 0 aliphatic carbocycles. The number of rotatable bonds is 2. The van der Waals surface area contributed by atoms with Gasteiger partial charge in [-0.2, -0.15) is 0 Å². The predicted molar refractivity (Wildman–Crippen MR) is 98.6 cm³/mol. The Morgan fingerprint density at radius 2 is 1.88 bits per heavy atom. The summed E-state index contributed by atoms with van der Waals surface area (Å²) in [5.41, 5.74) is 3.01. The smallest absolute Gasteiger partial charge is 0.215 e. The van der Waals surface area contributed by atoms with Gasteiger partial charge in [-0.15, -0.1) is 11.3 Å². The number of halogens is 1. The van der Waals surface area contributed by atoms with Crippen molar-refractivity contribution in [3.8, 4) is 11.6 Å². The summed E-state index contributed by atoms with van der Waals surface area (Å²) in [4.78, 5) is 4.92. The monoisotopic (exact) mass is 354 g/mol. The molecule has 1 aliphatic heterocycles.